The van der Waals surface area contributed by atoms with Crippen LogP contribution in [0.25, 0.3) is 0 Å². The molecular weight excluding hydrogens is 284 g/mol. The van der Waals surface area contributed by atoms with E-state index in [-0.39, 0.29) is 6.04 Å². The Morgan fingerprint density at radius 3 is 2.67 bits per heavy atom. The number of benzene rings is 1. The molecule has 0 saturated heterocycles. The number of likely N-dealkylation sites (N-methyl/N-ethyl adjacent to an activating group) is 1. The second kappa shape index (κ2) is 8.02. The average molecular weight is 311 g/mol. The van der Waals surface area contributed by atoms with Crippen LogP contribution in [0.1, 0.15) is 43.7 Å². The van der Waals surface area contributed by atoms with Gasteiger partial charge in [-0.15, -0.1) is 0 Å². The summed E-state index contributed by atoms with van der Waals surface area (Å²) in [5, 5.41) is 0.736. The van der Waals surface area contributed by atoms with Crippen molar-refractivity contribution in [2.45, 2.75) is 38.1 Å². The molecule has 1 aliphatic rings. The molecule has 0 heterocycles. The molecule has 0 radical (unpaired) electrons. The maximum Gasteiger partial charge on any atom is 0.125 e. The van der Waals surface area contributed by atoms with E-state index in [2.05, 4.69) is 11.9 Å². The van der Waals surface area contributed by atoms with E-state index in [1.807, 2.05) is 18.2 Å². The lowest BCUT2D eigenvalue weighted by Gasteiger charge is -2.33. The van der Waals surface area contributed by atoms with Crippen molar-refractivity contribution >= 4 is 11.6 Å². The number of hydrogen-bond acceptors (Lipinski definition) is 3. The van der Waals surface area contributed by atoms with Crippen LogP contribution in [0.3, 0.4) is 0 Å². The summed E-state index contributed by atoms with van der Waals surface area (Å²) >= 11 is 6.41. The molecule has 0 bridgehead atoms. The number of nitrogens with two attached hydrogens (primary N) is 1. The standard InChI is InChI=1S/C17H27ClN2O/c1-20(12-13-7-4-3-5-8-13)15(11-19)17-14(18)9-6-10-16(17)21-2/h6,9-10,13,15H,3-5,7-8,11-12,19H2,1-2H3. The van der Waals surface area contributed by atoms with Gasteiger partial charge in [0.15, 0.2) is 0 Å². The topological polar surface area (TPSA) is 38.5 Å². The van der Waals surface area contributed by atoms with Crippen molar-refractivity contribution in [1.82, 2.24) is 4.90 Å². The van der Waals surface area contributed by atoms with Crippen LogP contribution < -0.4 is 10.5 Å². The summed E-state index contributed by atoms with van der Waals surface area (Å²) in [5.41, 5.74) is 7.06. The van der Waals surface area contributed by atoms with Gasteiger partial charge in [0.05, 0.1) is 13.2 Å². The van der Waals surface area contributed by atoms with Gasteiger partial charge in [-0.3, -0.25) is 4.90 Å². The van der Waals surface area contributed by atoms with Gasteiger partial charge < -0.3 is 10.5 Å². The molecule has 1 aliphatic carbocycles. The lowest BCUT2D eigenvalue weighted by atomic mass is 9.88. The van der Waals surface area contributed by atoms with E-state index < -0.39 is 0 Å². The number of hydrogen-bond donors (Lipinski definition) is 1. The van der Waals surface area contributed by atoms with Crippen LogP contribution in [0.15, 0.2) is 18.2 Å². The Hall–Kier alpha value is -0.770. The summed E-state index contributed by atoms with van der Waals surface area (Å²) < 4.78 is 5.48. The molecule has 0 spiro atoms. The molecule has 0 aromatic heterocycles. The highest BCUT2D eigenvalue weighted by atomic mass is 35.5. The predicted octanol–water partition coefficient (Wildman–Crippen LogP) is 3.86. The molecule has 118 valence electrons. The smallest absolute Gasteiger partial charge is 0.125 e. The first-order chi connectivity index (χ1) is 10.2. The third-order valence-electron chi connectivity index (χ3n) is 4.59. The van der Waals surface area contributed by atoms with E-state index in [9.17, 15) is 0 Å². The first kappa shape index (κ1) is 16.6. The van der Waals surface area contributed by atoms with Gasteiger partial charge in [-0.25, -0.2) is 0 Å². The SMILES string of the molecule is COc1cccc(Cl)c1C(CN)N(C)CC1CCCCC1. The van der Waals surface area contributed by atoms with E-state index in [0.717, 1.165) is 28.8 Å². The fourth-order valence-corrected chi connectivity index (χ4v) is 3.73. The van der Waals surface area contributed by atoms with Gasteiger partial charge in [0, 0.05) is 23.7 Å². The minimum Gasteiger partial charge on any atom is -0.496 e. The van der Waals surface area contributed by atoms with Gasteiger partial charge in [-0.2, -0.15) is 0 Å². The predicted molar refractivity (Wildman–Crippen MR) is 89.0 cm³/mol. The van der Waals surface area contributed by atoms with E-state index in [1.54, 1.807) is 7.11 Å². The Labute approximate surface area is 133 Å². The van der Waals surface area contributed by atoms with E-state index in [4.69, 9.17) is 22.1 Å². The van der Waals surface area contributed by atoms with Crippen LogP contribution >= 0.6 is 11.6 Å². The molecule has 1 aromatic carbocycles. The molecule has 0 aliphatic heterocycles. The van der Waals surface area contributed by atoms with Crippen LogP contribution in [-0.2, 0) is 0 Å². The third-order valence-corrected chi connectivity index (χ3v) is 4.92. The second-order valence-corrected chi connectivity index (χ2v) is 6.46. The average Bonchev–Trinajstić information content (AvgIpc) is 2.50. The maximum absolute atomic E-state index is 6.41. The summed E-state index contributed by atoms with van der Waals surface area (Å²) in [4.78, 5) is 2.35. The van der Waals surface area contributed by atoms with Crippen molar-refractivity contribution in [2.24, 2.45) is 11.7 Å². The van der Waals surface area contributed by atoms with Crippen molar-refractivity contribution in [2.75, 3.05) is 27.2 Å². The molecular formula is C17H27ClN2O. The summed E-state index contributed by atoms with van der Waals surface area (Å²) in [5.74, 6) is 1.61. The van der Waals surface area contributed by atoms with Crippen LogP contribution in [0.5, 0.6) is 5.75 Å². The molecule has 3 nitrogen and oxygen atoms in total. The minimum absolute atomic E-state index is 0.107. The minimum atomic E-state index is 0.107. The molecule has 1 unspecified atom stereocenters. The Morgan fingerprint density at radius 2 is 2.05 bits per heavy atom. The van der Waals surface area contributed by atoms with Crippen molar-refractivity contribution in [3.63, 3.8) is 0 Å². The normalized spacial score (nSPS) is 18.0. The number of rotatable bonds is 6. The van der Waals surface area contributed by atoms with Crippen LogP contribution in [0, 0.1) is 5.92 Å². The quantitative estimate of drug-likeness (QED) is 0.867. The molecule has 4 heteroatoms. The molecule has 1 aromatic rings. The summed E-state index contributed by atoms with van der Waals surface area (Å²) in [6, 6.07) is 5.89. The van der Waals surface area contributed by atoms with Gasteiger partial charge in [0.2, 0.25) is 0 Å². The zero-order valence-corrected chi connectivity index (χ0v) is 13.9. The first-order valence-electron chi connectivity index (χ1n) is 7.90. The molecule has 1 fully saturated rings. The molecule has 21 heavy (non-hydrogen) atoms. The molecule has 2 N–H and O–H groups in total. The summed E-state index contributed by atoms with van der Waals surface area (Å²) in [6.45, 7) is 1.62. The van der Waals surface area contributed by atoms with Crippen LogP contribution in [0.4, 0.5) is 0 Å². The van der Waals surface area contributed by atoms with Gasteiger partial charge in [-0.05, 0) is 37.9 Å². The lowest BCUT2D eigenvalue weighted by Crippen LogP contribution is -2.35. The fourth-order valence-electron chi connectivity index (χ4n) is 3.44. The maximum atomic E-state index is 6.41. The fraction of sp³-hybridized carbons (Fsp3) is 0.647. The Morgan fingerprint density at radius 1 is 1.33 bits per heavy atom. The van der Waals surface area contributed by atoms with Crippen molar-refractivity contribution in [3.05, 3.63) is 28.8 Å². The highest BCUT2D eigenvalue weighted by Gasteiger charge is 2.25. The number of halogens is 1. The zero-order valence-electron chi connectivity index (χ0n) is 13.1. The van der Waals surface area contributed by atoms with Crippen molar-refractivity contribution in [3.8, 4) is 5.75 Å². The highest BCUT2D eigenvalue weighted by molar-refractivity contribution is 6.31. The van der Waals surface area contributed by atoms with Gasteiger partial charge in [-0.1, -0.05) is 36.9 Å². The second-order valence-electron chi connectivity index (χ2n) is 6.05. The lowest BCUT2D eigenvalue weighted by molar-refractivity contribution is 0.183. The molecule has 1 saturated carbocycles. The largest absolute Gasteiger partial charge is 0.496 e. The van der Waals surface area contributed by atoms with Gasteiger partial charge in [0.25, 0.3) is 0 Å². The van der Waals surface area contributed by atoms with Gasteiger partial charge in [0.1, 0.15) is 5.75 Å². The van der Waals surface area contributed by atoms with Crippen LogP contribution in [-0.4, -0.2) is 32.1 Å². The number of methoxy groups -OCH3 is 1. The van der Waals surface area contributed by atoms with E-state index >= 15 is 0 Å². The van der Waals surface area contributed by atoms with E-state index in [0.29, 0.717) is 6.54 Å². The first-order valence-corrected chi connectivity index (χ1v) is 8.27. The number of ether oxygens (including phenoxy) is 1. The summed E-state index contributed by atoms with van der Waals surface area (Å²) in [6.07, 6.45) is 6.78. The van der Waals surface area contributed by atoms with E-state index in [1.165, 1.54) is 32.1 Å². The Kier molecular flexibility index (Phi) is 6.34. The third kappa shape index (κ3) is 4.12. The molecule has 0 amide bonds. The molecule has 2 rings (SSSR count). The molecule has 1 atom stereocenters. The van der Waals surface area contributed by atoms with Crippen molar-refractivity contribution < 1.29 is 4.74 Å². The Bertz CT molecular complexity index is 446. The zero-order chi connectivity index (χ0) is 15.2. The summed E-state index contributed by atoms with van der Waals surface area (Å²) in [7, 11) is 3.83. The Balaban J connectivity index is 2.14. The number of nitrogens with zero attached hydrogens (tertiary/aromatic N) is 1. The van der Waals surface area contributed by atoms with Crippen LogP contribution in [0.2, 0.25) is 5.02 Å². The van der Waals surface area contributed by atoms with Crippen molar-refractivity contribution in [1.29, 1.82) is 0 Å². The highest BCUT2D eigenvalue weighted by Crippen LogP contribution is 2.35. The van der Waals surface area contributed by atoms with Gasteiger partial charge >= 0.3 is 0 Å². The monoisotopic (exact) mass is 310 g/mol.